The molecular weight excluding hydrogens is 145 g/mol. The van der Waals surface area contributed by atoms with Gasteiger partial charge in [0.05, 0.1) is 0 Å². The van der Waals surface area contributed by atoms with Gasteiger partial charge in [-0.2, -0.15) is 4.39 Å². The van der Waals surface area contributed by atoms with Gasteiger partial charge < -0.3 is 5.11 Å². The van der Waals surface area contributed by atoms with Crippen LogP contribution in [0, 0.1) is 17.5 Å². The molecule has 1 aromatic rings. The number of rotatable bonds is 1. The zero-order valence-corrected chi connectivity index (χ0v) is 4.70. The maximum Gasteiger partial charge on any atom is 0.293 e. The second kappa shape index (κ2) is 2.21. The van der Waals surface area contributed by atoms with E-state index in [0.717, 1.165) is 6.07 Å². The number of benzene rings is 1. The van der Waals surface area contributed by atoms with Gasteiger partial charge in [-0.3, -0.25) is 0 Å². The van der Waals surface area contributed by atoms with Crippen molar-refractivity contribution in [2.75, 3.05) is 0 Å². The Morgan fingerprint density at radius 3 is 2.50 bits per heavy atom. The molecule has 54 valence electrons. The summed E-state index contributed by atoms with van der Waals surface area (Å²) >= 11 is 0. The summed E-state index contributed by atoms with van der Waals surface area (Å²) in [6.45, 7) is 0. The van der Waals surface area contributed by atoms with Crippen molar-refractivity contribution in [1.29, 1.82) is 1.43 Å². The van der Waals surface area contributed by atoms with Crippen molar-refractivity contribution in [3.63, 3.8) is 0 Å². The Hall–Kier alpha value is -1.19. The van der Waals surface area contributed by atoms with Crippen LogP contribution >= 0.6 is 0 Å². The van der Waals surface area contributed by atoms with Gasteiger partial charge in [0.2, 0.25) is 5.82 Å². The third-order valence-corrected chi connectivity index (χ3v) is 1.000. The van der Waals surface area contributed by atoms with Crippen molar-refractivity contribution in [1.82, 2.24) is 0 Å². The van der Waals surface area contributed by atoms with E-state index >= 15 is 0 Å². The van der Waals surface area contributed by atoms with Crippen LogP contribution in [0.15, 0.2) is 12.1 Å². The van der Waals surface area contributed by atoms with E-state index in [-0.39, 0.29) is 0 Å². The zero-order chi connectivity index (χ0) is 8.43. The third-order valence-electron chi connectivity index (χ3n) is 1.000. The van der Waals surface area contributed by atoms with E-state index in [1.165, 1.54) is 0 Å². The van der Waals surface area contributed by atoms with Crippen LogP contribution in [-0.2, 0) is 0 Å². The molecule has 1 aromatic carbocycles. The minimum atomic E-state index is -1.63. The number of phenols is 1. The molecule has 0 unspecified atom stereocenters. The standard InChI is InChI=1S/C6H3F3O/c7-3-1-2-4(10)6(9)5(3)8/h1-2,10H/i/hD. The van der Waals surface area contributed by atoms with Crippen LogP contribution in [0.25, 0.3) is 0 Å². The molecule has 0 saturated carbocycles. The van der Waals surface area contributed by atoms with Crippen LogP contribution in [0.1, 0.15) is 0 Å². The number of hydrogen-bond acceptors (Lipinski definition) is 1. The first-order chi connectivity index (χ1) is 5.16. The van der Waals surface area contributed by atoms with Crippen LogP contribution < -0.4 is 0 Å². The molecule has 0 amide bonds. The Balaban J connectivity index is 3.25. The lowest BCUT2D eigenvalue weighted by atomic mass is 10.3. The van der Waals surface area contributed by atoms with E-state index in [9.17, 15) is 13.2 Å². The normalized spacial score (nSPS) is 10.9. The monoisotopic (exact) mass is 149 g/mol. The predicted molar refractivity (Wildman–Crippen MR) is 28.0 cm³/mol. The molecule has 1 N–H and O–H groups in total. The fraction of sp³-hybridized carbons (Fsp3) is 0. The van der Waals surface area contributed by atoms with Crippen molar-refractivity contribution in [2.24, 2.45) is 0 Å². The lowest BCUT2D eigenvalue weighted by Gasteiger charge is -1.95. The Morgan fingerprint density at radius 2 is 1.90 bits per heavy atom. The maximum atomic E-state index is 12.4. The molecule has 10 heavy (non-hydrogen) atoms. The number of phenolic OH excluding ortho intramolecular Hbond substituents is 1. The van der Waals surface area contributed by atoms with Crippen molar-refractivity contribution in [2.45, 2.75) is 0 Å². The minimum Gasteiger partial charge on any atom is -0.505 e. The molecule has 0 radical (unpaired) electrons. The number of halogens is 3. The fourth-order valence-corrected chi connectivity index (χ4v) is 0.508. The fourth-order valence-electron chi connectivity index (χ4n) is 0.508. The van der Waals surface area contributed by atoms with Crippen molar-refractivity contribution >= 4 is 0 Å². The molecular formula is C6H3F3O. The van der Waals surface area contributed by atoms with E-state index in [0.29, 0.717) is 6.07 Å². The molecule has 0 spiro atoms. The van der Waals surface area contributed by atoms with E-state index in [4.69, 9.17) is 1.43 Å². The predicted octanol–water partition coefficient (Wildman–Crippen LogP) is 1.81. The van der Waals surface area contributed by atoms with Gasteiger partial charge >= 0.3 is 0 Å². The van der Waals surface area contributed by atoms with Gasteiger partial charge in [-0.15, -0.1) is 0 Å². The second-order valence-electron chi connectivity index (χ2n) is 1.67. The first kappa shape index (κ1) is 5.58. The van der Waals surface area contributed by atoms with Gasteiger partial charge in [0, 0.05) is 0 Å². The molecule has 0 aliphatic rings. The van der Waals surface area contributed by atoms with Gasteiger partial charge in [-0.05, 0) is 12.1 Å². The molecule has 0 aliphatic carbocycles. The van der Waals surface area contributed by atoms with Crippen LogP contribution in [0.5, 0.6) is 5.75 Å². The Kier molecular flexibility index (Phi) is 1.23. The topological polar surface area (TPSA) is 20.2 Å². The van der Waals surface area contributed by atoms with E-state index in [1.54, 1.807) is 0 Å². The third kappa shape index (κ3) is 0.920. The van der Waals surface area contributed by atoms with Gasteiger partial charge in [0.15, 0.2) is 17.4 Å². The number of aromatic hydroxyl groups is 1. The molecule has 4 heteroatoms. The van der Waals surface area contributed by atoms with Crippen molar-refractivity contribution in [3.05, 3.63) is 29.6 Å². The summed E-state index contributed by atoms with van der Waals surface area (Å²) in [6.07, 6.45) is 0. The highest BCUT2D eigenvalue weighted by atomic mass is 19.2. The lowest BCUT2D eigenvalue weighted by Crippen LogP contribution is -1.88. The minimum absolute atomic E-state index is 0.635. The van der Waals surface area contributed by atoms with Gasteiger partial charge in [-0.25, -0.2) is 8.78 Å². The smallest absolute Gasteiger partial charge is 0.293 e. The summed E-state index contributed by atoms with van der Waals surface area (Å²) in [5.41, 5.74) is 0. The average molecular weight is 149 g/mol. The van der Waals surface area contributed by atoms with Gasteiger partial charge in [0.1, 0.15) is 0 Å². The van der Waals surface area contributed by atoms with Gasteiger partial charge in [0.25, 0.3) is 1.43 Å². The van der Waals surface area contributed by atoms with E-state index in [1.807, 2.05) is 0 Å². The molecule has 0 saturated heterocycles. The van der Waals surface area contributed by atoms with Crippen LogP contribution in [0.4, 0.5) is 13.2 Å². The molecule has 0 aromatic heterocycles. The summed E-state index contributed by atoms with van der Waals surface area (Å²) < 4.78 is 43.1. The van der Waals surface area contributed by atoms with Crippen molar-refractivity contribution < 1.29 is 18.3 Å². The van der Waals surface area contributed by atoms with Gasteiger partial charge in [-0.1, -0.05) is 0 Å². The summed E-state index contributed by atoms with van der Waals surface area (Å²) in [6, 6.07) is 1.52. The van der Waals surface area contributed by atoms with Crippen LogP contribution in [0.2, 0.25) is 0 Å². The summed E-state index contributed by atoms with van der Waals surface area (Å²) in [7, 11) is 0. The van der Waals surface area contributed by atoms with Crippen LogP contribution in [-0.4, -0.2) is 6.54 Å². The Morgan fingerprint density at radius 1 is 1.20 bits per heavy atom. The Labute approximate surface area is 56.2 Å². The molecule has 1 nitrogen and oxygen atoms in total. The summed E-state index contributed by atoms with van der Waals surface area (Å²) in [4.78, 5) is 0. The van der Waals surface area contributed by atoms with E-state index in [2.05, 4.69) is 5.11 Å². The molecule has 1 rings (SSSR count). The SMILES string of the molecule is [2H]Oc1ccc(F)c(F)c1F. The highest BCUT2D eigenvalue weighted by Crippen LogP contribution is 2.19. The van der Waals surface area contributed by atoms with Crippen LogP contribution in [0.3, 0.4) is 0 Å². The molecule has 0 heterocycles. The average Bonchev–Trinajstić information content (AvgIpc) is 2.01. The quantitative estimate of drug-likeness (QED) is 0.603. The first-order valence-corrected chi connectivity index (χ1v) is 2.43. The number of hydrogen-bond donors (Lipinski definition) is 1. The van der Waals surface area contributed by atoms with Crippen molar-refractivity contribution in [3.8, 4) is 5.75 Å². The molecule has 0 atom stereocenters. The zero-order valence-electron chi connectivity index (χ0n) is 5.70. The highest BCUT2D eigenvalue weighted by molar-refractivity contribution is 5.24. The largest absolute Gasteiger partial charge is 0.505 e. The highest BCUT2D eigenvalue weighted by Gasteiger charge is 2.11. The van der Waals surface area contributed by atoms with E-state index < -0.39 is 23.2 Å². The lowest BCUT2D eigenvalue weighted by molar-refractivity contribution is 0.387. The molecule has 0 aliphatic heterocycles. The molecule has 0 bridgehead atoms. The summed E-state index contributed by atoms with van der Waals surface area (Å²) in [5, 5.41) is 3.65. The molecule has 0 fully saturated rings. The first-order valence-electron chi connectivity index (χ1n) is 2.84. The second-order valence-corrected chi connectivity index (χ2v) is 1.67. The maximum absolute atomic E-state index is 12.4. The summed E-state index contributed by atoms with van der Waals surface area (Å²) in [5.74, 6) is -5.05. The Bertz CT molecular complexity index is 277.